The number of hydrogen-bond donors (Lipinski definition) is 1. The molecule has 150 valence electrons. The molecule has 25 heavy (non-hydrogen) atoms. The molecular weight excluding hydrogens is 431 g/mol. The van der Waals surface area contributed by atoms with Crippen LogP contribution in [0.1, 0.15) is 6.92 Å². The summed E-state index contributed by atoms with van der Waals surface area (Å²) >= 11 is 0. The van der Waals surface area contributed by atoms with Gasteiger partial charge in [0.15, 0.2) is 0 Å². The van der Waals surface area contributed by atoms with Gasteiger partial charge in [-0.3, -0.25) is 9.59 Å². The minimum absolute atomic E-state index is 0.333. The summed E-state index contributed by atoms with van der Waals surface area (Å²) in [5.74, 6) is -4.72. The molecule has 0 bridgehead atoms. The summed E-state index contributed by atoms with van der Waals surface area (Å²) in [6.07, 6.45) is -6.64. The van der Waals surface area contributed by atoms with Gasteiger partial charge >= 0.3 is 43.1 Å². The highest BCUT2D eigenvalue weighted by Gasteiger charge is 2.67. The molecule has 0 aliphatic carbocycles. The highest BCUT2D eigenvalue weighted by molar-refractivity contribution is 8.05. The summed E-state index contributed by atoms with van der Waals surface area (Å²) < 4.78 is 146. The number of halogens is 9. The fourth-order valence-electron chi connectivity index (χ4n) is 0.639. The van der Waals surface area contributed by atoms with E-state index in [9.17, 15) is 65.9 Å². The lowest BCUT2D eigenvalue weighted by molar-refractivity contribution is -0.177. The summed E-state index contributed by atoms with van der Waals surface area (Å²) in [7, 11) is -15.6. The van der Waals surface area contributed by atoms with Gasteiger partial charge in [-0.05, 0) is 0 Å². The van der Waals surface area contributed by atoms with Crippen LogP contribution < -0.4 is 5.73 Å². The van der Waals surface area contributed by atoms with E-state index in [-0.39, 0.29) is 5.91 Å². The van der Waals surface area contributed by atoms with Gasteiger partial charge in [0.1, 0.15) is 0 Å². The smallest absolute Gasteiger partial charge is 0.370 e. The number of nitrogens with two attached hydrogens (primary N) is 1. The van der Waals surface area contributed by atoms with Gasteiger partial charge in [-0.2, -0.15) is 56.3 Å². The van der Waals surface area contributed by atoms with Gasteiger partial charge in [0.05, 0.1) is 0 Å². The van der Waals surface area contributed by atoms with E-state index in [0.717, 1.165) is 0 Å². The van der Waals surface area contributed by atoms with Gasteiger partial charge < -0.3 is 5.73 Å². The van der Waals surface area contributed by atoms with Crippen LogP contribution in [-0.2, 0) is 29.6 Å². The van der Waals surface area contributed by atoms with E-state index in [1.54, 1.807) is 0 Å². The molecule has 0 unspecified atom stereocenters. The zero-order valence-corrected chi connectivity index (χ0v) is 12.8. The first-order valence-electron chi connectivity index (χ1n) is 4.81. The number of alkyl halides is 9. The normalized spacial score (nSPS) is 13.5. The number of carbonyl (C=O) groups excluding carboxylic acids is 2. The molecule has 2 N–H and O–H groups in total. The number of nitrogens with zero attached hydrogens (tertiary/aromatic N) is 1. The van der Waals surface area contributed by atoms with E-state index >= 15 is 0 Å². The third-order valence-electron chi connectivity index (χ3n) is 1.43. The molecule has 0 fully saturated rings. The lowest BCUT2D eigenvalue weighted by Gasteiger charge is -2.24. The Hall–Kier alpha value is -1.79. The fourth-order valence-corrected chi connectivity index (χ4v) is 3.20. The predicted molar refractivity (Wildman–Crippen MR) is 57.7 cm³/mol. The first-order chi connectivity index (χ1) is 10.5. The van der Waals surface area contributed by atoms with Crippen molar-refractivity contribution in [3.05, 3.63) is 0 Å². The molecule has 0 heterocycles. The number of hydrogen-bond acceptors (Lipinski definition) is 6. The number of sulfonamides is 2. The van der Waals surface area contributed by atoms with Crippen LogP contribution in [0.4, 0.5) is 39.5 Å². The van der Waals surface area contributed by atoms with Crippen molar-refractivity contribution in [3.63, 3.8) is 0 Å². The predicted octanol–water partition coefficient (Wildman–Crippen LogP) is 0.568. The highest BCUT2D eigenvalue weighted by atomic mass is 32.3. The molecule has 0 rings (SSSR count). The van der Waals surface area contributed by atoms with Crippen molar-refractivity contribution in [2.45, 2.75) is 24.1 Å². The van der Waals surface area contributed by atoms with Crippen LogP contribution in [-0.4, -0.2) is 49.6 Å². The molecule has 0 radical (unpaired) electrons. The average Bonchev–Trinajstić information content (AvgIpc) is 2.22. The Bertz CT molecular complexity index is 669. The van der Waals surface area contributed by atoms with E-state index in [1.165, 1.54) is 6.92 Å². The van der Waals surface area contributed by atoms with Gasteiger partial charge in [-0.1, -0.05) is 0 Å². The average molecular weight is 436 g/mol. The van der Waals surface area contributed by atoms with Crippen LogP contribution in [0.2, 0.25) is 0 Å². The van der Waals surface area contributed by atoms with E-state index < -0.39 is 46.9 Å². The van der Waals surface area contributed by atoms with Gasteiger partial charge in [0.25, 0.3) is 0 Å². The van der Waals surface area contributed by atoms with Crippen LogP contribution in [0.15, 0.2) is 0 Å². The van der Waals surface area contributed by atoms with Crippen LogP contribution >= 0.6 is 0 Å². The quantitative estimate of drug-likeness (QED) is 0.630. The molecule has 0 aliphatic heterocycles. The van der Waals surface area contributed by atoms with Gasteiger partial charge in [-0.15, -0.1) is 3.71 Å². The molecule has 19 heteroatoms. The first-order valence-corrected chi connectivity index (χ1v) is 7.69. The van der Waals surface area contributed by atoms with E-state index in [2.05, 4.69) is 5.73 Å². The Kier molecular flexibility index (Phi) is 7.35. The highest BCUT2D eigenvalue weighted by Crippen LogP contribution is 2.37. The molecule has 0 saturated carbocycles. The number of primary amides is 1. The van der Waals surface area contributed by atoms with Gasteiger partial charge in [-0.25, -0.2) is 0 Å². The van der Waals surface area contributed by atoms with Crippen molar-refractivity contribution in [2.24, 2.45) is 5.73 Å². The molecule has 0 aromatic carbocycles. The summed E-state index contributed by atoms with van der Waals surface area (Å²) in [6, 6.07) is 0. The molecular formula is C6H5F9N2O6S2. The lowest BCUT2D eigenvalue weighted by Crippen LogP contribution is -2.55. The molecule has 0 aliphatic rings. The third-order valence-corrected chi connectivity index (χ3v) is 4.98. The number of carbonyl (C=O) groups is 2. The van der Waals surface area contributed by atoms with Crippen molar-refractivity contribution in [1.29, 1.82) is 0 Å². The van der Waals surface area contributed by atoms with E-state index in [1.807, 2.05) is 0 Å². The van der Waals surface area contributed by atoms with E-state index in [4.69, 9.17) is 0 Å². The van der Waals surface area contributed by atoms with Crippen LogP contribution in [0, 0.1) is 0 Å². The van der Waals surface area contributed by atoms with Crippen LogP contribution in [0.25, 0.3) is 0 Å². The maximum Gasteiger partial charge on any atom is 0.517 e. The van der Waals surface area contributed by atoms with Crippen LogP contribution in [0.5, 0.6) is 0 Å². The summed E-state index contributed by atoms with van der Waals surface area (Å²) in [6.45, 7) is 1.31. The molecule has 0 aromatic rings. The Morgan fingerprint density at radius 1 is 0.760 bits per heavy atom. The molecule has 8 nitrogen and oxygen atoms in total. The van der Waals surface area contributed by atoms with Gasteiger partial charge in [0.2, 0.25) is 5.91 Å². The second kappa shape index (κ2) is 7.22. The molecule has 0 spiro atoms. The first kappa shape index (κ1) is 25.5. The number of rotatable bonds is 2. The van der Waals surface area contributed by atoms with Crippen molar-refractivity contribution in [2.75, 3.05) is 0 Å². The Balaban J connectivity index is 0. The van der Waals surface area contributed by atoms with E-state index in [0.29, 0.717) is 0 Å². The molecule has 0 atom stereocenters. The lowest BCUT2D eigenvalue weighted by atomic mass is 10.6. The maximum atomic E-state index is 12.0. The Morgan fingerprint density at radius 3 is 1.08 bits per heavy atom. The zero-order chi connectivity index (χ0) is 21.2. The fraction of sp³-hybridized carbons (Fsp3) is 0.667. The topological polar surface area (TPSA) is 132 Å². The third kappa shape index (κ3) is 6.21. The standard InChI is InChI=1S/C4F9NO5S2.C2H5NO/c5-2(6,7)1(15)14(20(16,17)3(8,9)10)21(18,19)4(11,12)13;1-2(3)4/h;1H3,(H2,3,4). The summed E-state index contributed by atoms with van der Waals surface area (Å²) in [4.78, 5) is 19.6. The summed E-state index contributed by atoms with van der Waals surface area (Å²) in [5, 5.41) is 0. The zero-order valence-electron chi connectivity index (χ0n) is 11.2. The second-order valence-electron chi connectivity index (χ2n) is 3.51. The van der Waals surface area contributed by atoms with Crippen molar-refractivity contribution >= 4 is 31.9 Å². The molecule has 0 saturated heterocycles. The number of amides is 2. The Morgan fingerprint density at radius 2 is 0.960 bits per heavy atom. The molecule has 2 amide bonds. The maximum absolute atomic E-state index is 12.0. The van der Waals surface area contributed by atoms with Gasteiger partial charge in [0, 0.05) is 6.92 Å². The minimum Gasteiger partial charge on any atom is -0.370 e. The second-order valence-corrected chi connectivity index (χ2v) is 7.30. The largest absolute Gasteiger partial charge is 0.517 e. The monoisotopic (exact) mass is 436 g/mol. The summed E-state index contributed by atoms with van der Waals surface area (Å²) in [5.41, 5.74) is -9.35. The van der Waals surface area contributed by atoms with Crippen LogP contribution in [0.3, 0.4) is 0 Å². The van der Waals surface area contributed by atoms with Crippen molar-refractivity contribution < 1.29 is 65.9 Å². The molecule has 0 aromatic heterocycles. The SMILES string of the molecule is CC(N)=O.O=C(N(S(=O)(=O)C(F)(F)F)S(=O)(=O)C(F)(F)F)C(F)(F)F. The van der Waals surface area contributed by atoms with Crippen molar-refractivity contribution in [3.8, 4) is 0 Å². The van der Waals surface area contributed by atoms with Crippen molar-refractivity contribution in [1.82, 2.24) is 3.71 Å². The Labute approximate surface area is 132 Å². The minimum atomic E-state index is -7.81.